The third kappa shape index (κ3) is 5.07. The van der Waals surface area contributed by atoms with Crippen LogP contribution in [0.2, 0.25) is 0 Å². The number of aromatic nitrogens is 1. The smallest absolute Gasteiger partial charge is 0.251 e. The van der Waals surface area contributed by atoms with Crippen LogP contribution in [0.5, 0.6) is 0 Å². The molecular weight excluding hydrogens is 338 g/mol. The SMILES string of the molecule is CCCNC(=O)c1cccc(NC(=O)Cc2ccc(-n3cccc3)cc2)c1. The van der Waals surface area contributed by atoms with Gasteiger partial charge in [-0.05, 0) is 54.4 Å². The summed E-state index contributed by atoms with van der Waals surface area (Å²) in [6, 6.07) is 18.8. The van der Waals surface area contributed by atoms with Gasteiger partial charge in [-0.25, -0.2) is 0 Å². The van der Waals surface area contributed by atoms with E-state index in [0.29, 0.717) is 17.8 Å². The molecule has 0 unspecified atom stereocenters. The zero-order valence-corrected chi connectivity index (χ0v) is 15.3. The number of carbonyl (C=O) groups is 2. The molecule has 3 aromatic rings. The highest BCUT2D eigenvalue weighted by Crippen LogP contribution is 2.13. The largest absolute Gasteiger partial charge is 0.352 e. The maximum absolute atomic E-state index is 12.3. The molecule has 0 radical (unpaired) electrons. The molecule has 0 aliphatic carbocycles. The normalized spacial score (nSPS) is 10.4. The number of rotatable bonds is 7. The molecule has 27 heavy (non-hydrogen) atoms. The van der Waals surface area contributed by atoms with E-state index >= 15 is 0 Å². The van der Waals surface area contributed by atoms with Gasteiger partial charge in [0.2, 0.25) is 5.91 Å². The van der Waals surface area contributed by atoms with Crippen molar-refractivity contribution in [1.82, 2.24) is 9.88 Å². The lowest BCUT2D eigenvalue weighted by Gasteiger charge is -2.09. The molecule has 2 N–H and O–H groups in total. The summed E-state index contributed by atoms with van der Waals surface area (Å²) in [4.78, 5) is 24.4. The lowest BCUT2D eigenvalue weighted by atomic mass is 10.1. The maximum Gasteiger partial charge on any atom is 0.251 e. The van der Waals surface area contributed by atoms with Crippen molar-refractivity contribution in [3.63, 3.8) is 0 Å². The monoisotopic (exact) mass is 361 g/mol. The molecule has 1 heterocycles. The van der Waals surface area contributed by atoms with E-state index < -0.39 is 0 Å². The minimum absolute atomic E-state index is 0.116. The van der Waals surface area contributed by atoms with Crippen molar-refractivity contribution in [3.05, 3.63) is 84.2 Å². The van der Waals surface area contributed by atoms with E-state index in [9.17, 15) is 9.59 Å². The van der Waals surface area contributed by atoms with E-state index in [1.165, 1.54) is 0 Å². The Balaban J connectivity index is 1.60. The van der Waals surface area contributed by atoms with Crippen molar-refractivity contribution in [2.24, 2.45) is 0 Å². The minimum Gasteiger partial charge on any atom is -0.352 e. The average Bonchev–Trinajstić information content (AvgIpc) is 3.21. The predicted molar refractivity (Wildman–Crippen MR) is 107 cm³/mol. The zero-order chi connectivity index (χ0) is 19.1. The summed E-state index contributed by atoms with van der Waals surface area (Å²) >= 11 is 0. The summed E-state index contributed by atoms with van der Waals surface area (Å²) in [7, 11) is 0. The van der Waals surface area contributed by atoms with E-state index in [-0.39, 0.29) is 18.2 Å². The summed E-state index contributed by atoms with van der Waals surface area (Å²) < 4.78 is 2.01. The summed E-state index contributed by atoms with van der Waals surface area (Å²) in [6.45, 7) is 2.64. The average molecular weight is 361 g/mol. The van der Waals surface area contributed by atoms with Crippen LogP contribution >= 0.6 is 0 Å². The highest BCUT2D eigenvalue weighted by atomic mass is 16.2. The van der Waals surface area contributed by atoms with Gasteiger partial charge >= 0.3 is 0 Å². The van der Waals surface area contributed by atoms with E-state index in [2.05, 4.69) is 10.6 Å². The molecule has 5 heteroatoms. The second-order valence-corrected chi connectivity index (χ2v) is 6.32. The first kappa shape index (κ1) is 18.5. The Morgan fingerprint density at radius 3 is 2.41 bits per heavy atom. The van der Waals surface area contributed by atoms with Crippen LogP contribution in [0, 0.1) is 0 Å². The number of benzene rings is 2. The molecule has 1 aromatic heterocycles. The van der Waals surface area contributed by atoms with Gasteiger partial charge in [-0.1, -0.05) is 25.1 Å². The van der Waals surface area contributed by atoms with Crippen LogP contribution in [0.1, 0.15) is 29.3 Å². The lowest BCUT2D eigenvalue weighted by Crippen LogP contribution is -2.24. The highest BCUT2D eigenvalue weighted by molar-refractivity contribution is 5.97. The molecule has 0 aliphatic rings. The van der Waals surface area contributed by atoms with Gasteiger partial charge in [0.15, 0.2) is 0 Å². The Hall–Kier alpha value is -3.34. The van der Waals surface area contributed by atoms with Gasteiger partial charge in [-0.15, -0.1) is 0 Å². The number of hydrogen-bond donors (Lipinski definition) is 2. The summed E-state index contributed by atoms with van der Waals surface area (Å²) in [6.07, 6.45) is 5.11. The number of nitrogens with one attached hydrogen (secondary N) is 2. The first-order chi connectivity index (χ1) is 13.2. The summed E-state index contributed by atoms with van der Waals surface area (Å²) in [5.41, 5.74) is 3.14. The Kier molecular flexibility index (Phi) is 6.05. The Bertz CT molecular complexity index is 900. The fourth-order valence-corrected chi connectivity index (χ4v) is 2.76. The number of anilines is 1. The quantitative estimate of drug-likeness (QED) is 0.672. The van der Waals surface area contributed by atoms with Crippen LogP contribution in [0.3, 0.4) is 0 Å². The van der Waals surface area contributed by atoms with Crippen LogP contribution in [-0.2, 0) is 11.2 Å². The molecule has 0 aliphatic heterocycles. The van der Waals surface area contributed by atoms with E-state index in [1.54, 1.807) is 24.3 Å². The number of carbonyl (C=O) groups excluding carboxylic acids is 2. The molecule has 0 atom stereocenters. The van der Waals surface area contributed by atoms with E-state index in [1.807, 2.05) is 60.3 Å². The summed E-state index contributed by atoms with van der Waals surface area (Å²) in [5.74, 6) is -0.247. The molecule has 3 rings (SSSR count). The Morgan fingerprint density at radius 1 is 0.963 bits per heavy atom. The molecule has 0 saturated carbocycles. The molecule has 0 bridgehead atoms. The first-order valence-electron chi connectivity index (χ1n) is 9.06. The van der Waals surface area contributed by atoms with Crippen LogP contribution in [0.25, 0.3) is 5.69 Å². The number of hydrogen-bond acceptors (Lipinski definition) is 2. The van der Waals surface area contributed by atoms with Crippen molar-refractivity contribution in [1.29, 1.82) is 0 Å². The van der Waals surface area contributed by atoms with Crippen molar-refractivity contribution < 1.29 is 9.59 Å². The third-order valence-corrected chi connectivity index (χ3v) is 4.15. The first-order valence-corrected chi connectivity index (χ1v) is 9.06. The van der Waals surface area contributed by atoms with Crippen molar-refractivity contribution in [3.8, 4) is 5.69 Å². The molecule has 0 spiro atoms. The van der Waals surface area contributed by atoms with Crippen LogP contribution in [0.15, 0.2) is 73.1 Å². The molecule has 5 nitrogen and oxygen atoms in total. The lowest BCUT2D eigenvalue weighted by molar-refractivity contribution is -0.115. The Labute approximate surface area is 159 Å². The van der Waals surface area contributed by atoms with Crippen LogP contribution < -0.4 is 10.6 Å². The van der Waals surface area contributed by atoms with E-state index in [0.717, 1.165) is 17.7 Å². The molecule has 0 fully saturated rings. The zero-order valence-electron chi connectivity index (χ0n) is 15.3. The topological polar surface area (TPSA) is 63.1 Å². The van der Waals surface area contributed by atoms with Gasteiger partial charge in [0.05, 0.1) is 6.42 Å². The van der Waals surface area contributed by atoms with Crippen molar-refractivity contribution in [2.75, 3.05) is 11.9 Å². The second kappa shape index (κ2) is 8.85. The van der Waals surface area contributed by atoms with E-state index in [4.69, 9.17) is 0 Å². The van der Waals surface area contributed by atoms with Crippen LogP contribution in [0.4, 0.5) is 5.69 Å². The van der Waals surface area contributed by atoms with Crippen LogP contribution in [-0.4, -0.2) is 22.9 Å². The van der Waals surface area contributed by atoms with Gasteiger partial charge in [0.25, 0.3) is 5.91 Å². The number of nitrogens with zero attached hydrogens (tertiary/aromatic N) is 1. The number of amides is 2. The Morgan fingerprint density at radius 2 is 1.70 bits per heavy atom. The van der Waals surface area contributed by atoms with Gasteiger partial charge in [0, 0.05) is 35.9 Å². The van der Waals surface area contributed by atoms with Gasteiger partial charge in [-0.3, -0.25) is 9.59 Å². The second-order valence-electron chi connectivity index (χ2n) is 6.32. The van der Waals surface area contributed by atoms with Gasteiger partial charge < -0.3 is 15.2 Å². The summed E-state index contributed by atoms with van der Waals surface area (Å²) in [5, 5.41) is 5.69. The molecule has 0 saturated heterocycles. The minimum atomic E-state index is -0.131. The molecule has 2 aromatic carbocycles. The highest BCUT2D eigenvalue weighted by Gasteiger charge is 2.08. The predicted octanol–water partition coefficient (Wildman–Crippen LogP) is 3.80. The van der Waals surface area contributed by atoms with Gasteiger partial charge in [-0.2, -0.15) is 0 Å². The maximum atomic E-state index is 12.3. The van der Waals surface area contributed by atoms with Gasteiger partial charge in [0.1, 0.15) is 0 Å². The fraction of sp³-hybridized carbons (Fsp3) is 0.182. The molecule has 138 valence electrons. The van der Waals surface area contributed by atoms with Crippen molar-refractivity contribution >= 4 is 17.5 Å². The fourth-order valence-electron chi connectivity index (χ4n) is 2.76. The molecular formula is C22H23N3O2. The van der Waals surface area contributed by atoms with Crippen molar-refractivity contribution in [2.45, 2.75) is 19.8 Å². The standard InChI is InChI=1S/C22H23N3O2/c1-2-12-23-22(27)18-6-5-7-19(16-18)24-21(26)15-17-8-10-20(11-9-17)25-13-3-4-14-25/h3-11,13-14,16H,2,12,15H2,1H3,(H,23,27)(H,24,26). The third-order valence-electron chi connectivity index (χ3n) is 4.15. The molecule has 2 amide bonds.